The molecule has 0 unspecified atom stereocenters. The summed E-state index contributed by atoms with van der Waals surface area (Å²) in [6, 6.07) is 1.68. The van der Waals surface area contributed by atoms with Gasteiger partial charge >= 0.3 is 0 Å². The fourth-order valence-corrected chi connectivity index (χ4v) is 3.86. The van der Waals surface area contributed by atoms with E-state index in [2.05, 4.69) is 15.3 Å². The van der Waals surface area contributed by atoms with E-state index < -0.39 is 17.5 Å². The lowest BCUT2D eigenvalue weighted by molar-refractivity contribution is -0.117. The summed E-state index contributed by atoms with van der Waals surface area (Å²) in [7, 11) is 3.38. The van der Waals surface area contributed by atoms with E-state index in [0.717, 1.165) is 12.1 Å². The predicted octanol–water partition coefficient (Wildman–Crippen LogP) is 2.65. The number of nitrogens with zero attached hydrogens (tertiary/aromatic N) is 4. The number of ether oxygens (including phenoxy) is 2. The standard InChI is InChI=1S/C21H24F3N5O3/c1-11-19-20(28(2)10-17(30)29(19)4-5-31-3)27-21(25-11)26-12-6-13(7-12)32-14-8-15(22)18(24)16(23)9-14/h8-9,12-13H,4-7,10H2,1-3H3,(H,25,26,27)/t12-,13-. The second-order valence-corrected chi connectivity index (χ2v) is 7.95. The first-order chi connectivity index (χ1) is 15.3. The lowest BCUT2D eigenvalue weighted by atomic mass is 9.89. The summed E-state index contributed by atoms with van der Waals surface area (Å²) < 4.78 is 50.4. The fraction of sp³-hybridized carbons (Fsp3) is 0.476. The fourth-order valence-electron chi connectivity index (χ4n) is 3.86. The maximum absolute atomic E-state index is 13.3. The molecule has 1 aromatic heterocycles. The van der Waals surface area contributed by atoms with E-state index in [-0.39, 0.29) is 30.3 Å². The van der Waals surface area contributed by atoms with Crippen LogP contribution in [0.2, 0.25) is 0 Å². The number of aromatic nitrogens is 2. The molecule has 2 aromatic rings. The third kappa shape index (κ3) is 4.29. The summed E-state index contributed by atoms with van der Waals surface area (Å²) in [6.07, 6.45) is 0.864. The maximum Gasteiger partial charge on any atom is 0.246 e. The molecule has 1 aliphatic heterocycles. The van der Waals surface area contributed by atoms with Crippen molar-refractivity contribution in [2.45, 2.75) is 31.9 Å². The molecule has 4 rings (SSSR count). The average Bonchev–Trinajstić information content (AvgIpc) is 2.70. The van der Waals surface area contributed by atoms with Crippen molar-refractivity contribution in [3.63, 3.8) is 0 Å². The van der Waals surface area contributed by atoms with Gasteiger partial charge in [-0.15, -0.1) is 0 Å². The third-order valence-electron chi connectivity index (χ3n) is 5.55. The number of benzene rings is 1. The highest BCUT2D eigenvalue weighted by Gasteiger charge is 2.34. The lowest BCUT2D eigenvalue weighted by Crippen LogP contribution is -2.47. The van der Waals surface area contributed by atoms with Gasteiger partial charge in [-0.1, -0.05) is 0 Å². The highest BCUT2D eigenvalue weighted by Crippen LogP contribution is 2.35. The van der Waals surface area contributed by atoms with E-state index in [9.17, 15) is 18.0 Å². The minimum atomic E-state index is -1.52. The lowest BCUT2D eigenvalue weighted by Gasteiger charge is -2.37. The van der Waals surface area contributed by atoms with Crippen LogP contribution in [0.25, 0.3) is 0 Å². The second-order valence-electron chi connectivity index (χ2n) is 7.95. The molecule has 1 saturated carbocycles. The quantitative estimate of drug-likeness (QED) is 0.649. The molecular formula is C21H24F3N5O3. The molecule has 2 heterocycles. The summed E-state index contributed by atoms with van der Waals surface area (Å²) >= 11 is 0. The SMILES string of the molecule is COCCN1C(=O)CN(C)c2nc(N[C@H]3C[C@H](Oc4cc(F)c(F)c(F)c4)C3)nc(C)c21. The minimum absolute atomic E-state index is 0.00714. The van der Waals surface area contributed by atoms with Gasteiger partial charge in [0.05, 0.1) is 18.8 Å². The summed E-state index contributed by atoms with van der Waals surface area (Å²) in [4.78, 5) is 25.0. The first kappa shape index (κ1) is 22.1. The monoisotopic (exact) mass is 451 g/mol. The number of likely N-dealkylation sites (N-methyl/N-ethyl adjacent to an activating group) is 1. The number of hydrogen-bond donors (Lipinski definition) is 1. The molecule has 0 saturated heterocycles. The van der Waals surface area contributed by atoms with Crippen LogP contribution in [-0.2, 0) is 9.53 Å². The van der Waals surface area contributed by atoms with Crippen molar-refractivity contribution < 1.29 is 27.4 Å². The van der Waals surface area contributed by atoms with E-state index in [1.807, 2.05) is 6.92 Å². The van der Waals surface area contributed by atoms with E-state index >= 15 is 0 Å². The van der Waals surface area contributed by atoms with Crippen molar-refractivity contribution in [1.82, 2.24) is 9.97 Å². The van der Waals surface area contributed by atoms with Gasteiger partial charge in [0.25, 0.3) is 0 Å². The Morgan fingerprint density at radius 3 is 2.53 bits per heavy atom. The van der Waals surface area contributed by atoms with Gasteiger partial charge in [0.2, 0.25) is 11.9 Å². The zero-order valence-corrected chi connectivity index (χ0v) is 18.0. The number of amides is 1. The molecule has 0 atom stereocenters. The minimum Gasteiger partial charge on any atom is -0.490 e. The molecule has 172 valence electrons. The smallest absolute Gasteiger partial charge is 0.246 e. The summed E-state index contributed by atoms with van der Waals surface area (Å²) in [5.41, 5.74) is 1.33. The topological polar surface area (TPSA) is 79.8 Å². The molecule has 0 bridgehead atoms. The van der Waals surface area contributed by atoms with Crippen LogP contribution in [0.15, 0.2) is 12.1 Å². The number of hydrogen-bond acceptors (Lipinski definition) is 7. The third-order valence-corrected chi connectivity index (χ3v) is 5.55. The molecule has 1 aliphatic carbocycles. The van der Waals surface area contributed by atoms with Crippen LogP contribution in [0.1, 0.15) is 18.5 Å². The number of nitrogens with one attached hydrogen (secondary N) is 1. The van der Waals surface area contributed by atoms with Gasteiger partial charge in [-0.05, 0) is 6.92 Å². The van der Waals surface area contributed by atoms with Crippen molar-refractivity contribution >= 4 is 23.4 Å². The molecule has 1 amide bonds. The Hall–Kier alpha value is -3.08. The number of carbonyl (C=O) groups excluding carboxylic acids is 1. The van der Waals surface area contributed by atoms with Crippen LogP contribution >= 0.6 is 0 Å². The number of anilines is 3. The van der Waals surface area contributed by atoms with E-state index in [1.165, 1.54) is 0 Å². The summed E-state index contributed by atoms with van der Waals surface area (Å²) in [5, 5.41) is 3.24. The van der Waals surface area contributed by atoms with Gasteiger partial charge in [0, 0.05) is 51.7 Å². The van der Waals surface area contributed by atoms with Gasteiger partial charge in [-0.2, -0.15) is 4.98 Å². The number of carbonyl (C=O) groups is 1. The largest absolute Gasteiger partial charge is 0.490 e. The van der Waals surface area contributed by atoms with Gasteiger partial charge in [0.15, 0.2) is 23.3 Å². The first-order valence-corrected chi connectivity index (χ1v) is 10.2. The highest BCUT2D eigenvalue weighted by molar-refractivity contribution is 6.03. The van der Waals surface area contributed by atoms with Gasteiger partial charge in [0.1, 0.15) is 17.5 Å². The van der Waals surface area contributed by atoms with Gasteiger partial charge in [-0.25, -0.2) is 18.2 Å². The van der Waals surface area contributed by atoms with Crippen LogP contribution in [0, 0.1) is 24.4 Å². The van der Waals surface area contributed by atoms with Crippen LogP contribution in [0.4, 0.5) is 30.6 Å². The molecule has 8 nitrogen and oxygen atoms in total. The van der Waals surface area contributed by atoms with Crippen molar-refractivity contribution in [1.29, 1.82) is 0 Å². The Morgan fingerprint density at radius 1 is 1.19 bits per heavy atom. The highest BCUT2D eigenvalue weighted by atomic mass is 19.2. The van der Waals surface area contributed by atoms with Crippen LogP contribution in [-0.4, -0.2) is 61.9 Å². The summed E-state index contributed by atoms with van der Waals surface area (Å²) in [5.74, 6) is -3.09. The molecule has 1 aromatic carbocycles. The van der Waals surface area contributed by atoms with Crippen molar-refractivity contribution in [3.05, 3.63) is 35.3 Å². The molecule has 0 radical (unpaired) electrons. The average molecular weight is 451 g/mol. The number of fused-ring (bicyclic) bond motifs is 1. The molecule has 2 aliphatic rings. The van der Waals surface area contributed by atoms with Crippen molar-refractivity contribution in [2.24, 2.45) is 0 Å². The summed E-state index contributed by atoms with van der Waals surface area (Å²) in [6.45, 7) is 2.85. The van der Waals surface area contributed by atoms with Gasteiger partial charge < -0.3 is 24.6 Å². The molecule has 11 heteroatoms. The molecule has 0 spiro atoms. The normalized spacial score (nSPS) is 20.1. The number of methoxy groups -OCH3 is 1. The Kier molecular flexibility index (Phi) is 6.09. The first-order valence-electron chi connectivity index (χ1n) is 10.2. The second kappa shape index (κ2) is 8.81. The molecule has 1 fully saturated rings. The Labute approximate surface area is 183 Å². The number of halogens is 3. The Bertz CT molecular complexity index is 1010. The van der Waals surface area contributed by atoms with Crippen molar-refractivity contribution in [2.75, 3.05) is 49.0 Å². The Morgan fingerprint density at radius 2 is 1.88 bits per heavy atom. The predicted molar refractivity (Wildman–Crippen MR) is 112 cm³/mol. The molecular weight excluding hydrogens is 427 g/mol. The number of aryl methyl sites for hydroxylation is 1. The van der Waals surface area contributed by atoms with Gasteiger partial charge in [-0.3, -0.25) is 4.79 Å². The van der Waals surface area contributed by atoms with E-state index in [4.69, 9.17) is 9.47 Å². The number of rotatable bonds is 7. The van der Waals surface area contributed by atoms with Crippen LogP contribution in [0.3, 0.4) is 0 Å². The van der Waals surface area contributed by atoms with E-state index in [1.54, 1.807) is 24.0 Å². The van der Waals surface area contributed by atoms with Crippen molar-refractivity contribution in [3.8, 4) is 5.75 Å². The van der Waals surface area contributed by atoms with Crippen LogP contribution < -0.4 is 19.9 Å². The molecule has 32 heavy (non-hydrogen) atoms. The van der Waals surface area contributed by atoms with Crippen LogP contribution in [0.5, 0.6) is 5.75 Å². The van der Waals surface area contributed by atoms with E-state index in [0.29, 0.717) is 49.1 Å². The molecule has 1 N–H and O–H groups in total. The zero-order valence-electron chi connectivity index (χ0n) is 18.0. The Balaban J connectivity index is 1.41. The zero-order chi connectivity index (χ0) is 23.0. The maximum atomic E-state index is 13.3.